The molecule has 2 heterocycles. The van der Waals surface area contributed by atoms with Crippen LogP contribution >= 0.6 is 23.2 Å². The number of amides is 4. The van der Waals surface area contributed by atoms with Gasteiger partial charge in [-0.15, -0.1) is 0 Å². The number of hydrogen-bond acceptors (Lipinski definition) is 6. The zero-order valence-electron chi connectivity index (χ0n) is 28.5. The van der Waals surface area contributed by atoms with Crippen molar-refractivity contribution in [2.24, 2.45) is 11.8 Å². The number of carbonyl (C=O) groups is 6. The third-order valence-corrected chi connectivity index (χ3v) is 9.30. The number of benzene rings is 4. The molecule has 0 N–H and O–H groups in total. The van der Waals surface area contributed by atoms with Gasteiger partial charge in [-0.2, -0.15) is 0 Å². The van der Waals surface area contributed by atoms with Crippen molar-refractivity contribution in [1.82, 2.24) is 0 Å². The Balaban J connectivity index is 0.000000224. The van der Waals surface area contributed by atoms with E-state index in [2.05, 4.69) is 0 Å². The Morgan fingerprint density at radius 3 is 1.22 bits per heavy atom. The van der Waals surface area contributed by atoms with Crippen molar-refractivity contribution in [3.05, 3.63) is 118 Å². The summed E-state index contributed by atoms with van der Waals surface area (Å²) in [4.78, 5) is 82.8. The molecule has 13 heteroatoms. The molecule has 0 fully saturated rings. The predicted molar refractivity (Wildman–Crippen MR) is 200 cm³/mol. The average molecular weight is 754 g/mol. The van der Waals surface area contributed by atoms with Gasteiger partial charge in [0.05, 0.1) is 32.5 Å². The third-order valence-electron chi connectivity index (χ3n) is 8.67. The van der Waals surface area contributed by atoms with Crippen LogP contribution in [0.5, 0.6) is 0 Å². The van der Waals surface area contributed by atoms with E-state index in [4.69, 9.17) is 23.2 Å². The smallest absolute Gasteiger partial charge is 0.314 e. The Morgan fingerprint density at radius 2 is 0.902 bits per heavy atom. The van der Waals surface area contributed by atoms with E-state index >= 15 is 0 Å². The van der Waals surface area contributed by atoms with Crippen LogP contribution in [-0.4, -0.2) is 100 Å². The van der Waals surface area contributed by atoms with E-state index in [1.807, 2.05) is 12.1 Å². The largest absolute Gasteiger partial charge is 2.00 e. The average Bonchev–Trinajstić information content (AvgIpc) is 3.11. The van der Waals surface area contributed by atoms with Crippen LogP contribution < -0.4 is 19.6 Å². The fraction of sp³-hybridized carbons (Fsp3) is 0.211. The van der Waals surface area contributed by atoms with E-state index in [1.165, 1.54) is 19.6 Å². The van der Waals surface area contributed by atoms with Crippen LogP contribution in [0.25, 0.3) is 0 Å². The molecule has 51 heavy (non-hydrogen) atoms. The molecule has 0 saturated heterocycles. The first kappa shape index (κ1) is 39.7. The number of hydrogen-bond donors (Lipinski definition) is 0. The molecule has 4 amide bonds. The zero-order valence-corrected chi connectivity index (χ0v) is 32.2. The predicted octanol–water partition coefficient (Wildman–Crippen LogP) is 5.96. The first-order valence-electron chi connectivity index (χ1n) is 15.9. The van der Waals surface area contributed by atoms with Crippen molar-refractivity contribution in [2.45, 2.75) is 13.8 Å². The van der Waals surface area contributed by atoms with E-state index < -0.39 is 47.0 Å². The quantitative estimate of drug-likeness (QED) is 0.178. The van der Waals surface area contributed by atoms with Gasteiger partial charge in [0.25, 0.3) is 0 Å². The number of ketones is 2. The van der Waals surface area contributed by atoms with Crippen molar-refractivity contribution in [1.29, 1.82) is 0 Å². The van der Waals surface area contributed by atoms with Crippen molar-refractivity contribution >= 4 is 119 Å². The summed E-state index contributed by atoms with van der Waals surface area (Å²) in [5.74, 6) is -6.11. The van der Waals surface area contributed by atoms with Gasteiger partial charge in [0, 0.05) is 38.6 Å². The number of halogens is 2. The summed E-state index contributed by atoms with van der Waals surface area (Å²) in [5, 5.41) is 0.477. The molecule has 0 aliphatic carbocycles. The molecule has 0 spiro atoms. The van der Waals surface area contributed by atoms with Crippen LogP contribution in [0.3, 0.4) is 0 Å². The van der Waals surface area contributed by atoms with E-state index in [0.29, 0.717) is 35.8 Å². The van der Waals surface area contributed by atoms with Gasteiger partial charge in [0.15, 0.2) is 23.4 Å². The number of anilines is 4. The van der Waals surface area contributed by atoms with Crippen LogP contribution in [0.4, 0.5) is 22.7 Å². The second-order valence-electron chi connectivity index (χ2n) is 11.5. The first-order chi connectivity index (χ1) is 23.9. The van der Waals surface area contributed by atoms with Gasteiger partial charge >= 0.3 is 37.7 Å². The molecule has 0 saturated carbocycles. The van der Waals surface area contributed by atoms with Gasteiger partial charge < -0.3 is 19.6 Å². The molecule has 4 aromatic rings. The minimum Gasteiger partial charge on any atom is -0.314 e. The minimum absolute atomic E-state index is 0. The summed E-state index contributed by atoms with van der Waals surface area (Å²) in [6, 6.07) is 27.7. The second-order valence-corrected chi connectivity index (χ2v) is 12.3. The van der Waals surface area contributed by atoms with E-state index in [1.54, 1.807) is 113 Å². The Bertz CT molecular complexity index is 1850. The Morgan fingerprint density at radius 1 is 0.569 bits per heavy atom. The number of fused-ring (bicyclic) bond motifs is 2. The molecular formula is C38H34CaCl2N4O6+2. The molecule has 2 aliphatic heterocycles. The Labute approximate surface area is 335 Å². The van der Waals surface area contributed by atoms with Crippen LogP contribution in [0.2, 0.25) is 10.0 Å². The standard InChI is InChI=1S/2C19H17ClN2O3.Ca/c2*1-3-22(12-8-5-4-6-9-12)19(25)16-17(23)15-13(20)10-7-11-14(15)21(2)18(16)24;/h2*4-11,16H,3H2,1-2H3;/q;;+2. The summed E-state index contributed by atoms with van der Waals surface area (Å²) in [5.41, 5.74) is 2.57. The number of Topliss-reactive ketones (excluding diaryl/α,β-unsaturated/α-hetero) is 2. The maximum atomic E-state index is 13.0. The molecule has 0 radical (unpaired) electrons. The summed E-state index contributed by atoms with van der Waals surface area (Å²) < 4.78 is 0. The van der Waals surface area contributed by atoms with Crippen LogP contribution in [0, 0.1) is 11.8 Å². The van der Waals surface area contributed by atoms with Gasteiger partial charge in [0.1, 0.15) is 0 Å². The van der Waals surface area contributed by atoms with Crippen LogP contribution in [0.15, 0.2) is 97.1 Å². The van der Waals surface area contributed by atoms with E-state index in [9.17, 15) is 28.8 Å². The molecule has 256 valence electrons. The molecule has 2 atom stereocenters. The summed E-state index contributed by atoms with van der Waals surface area (Å²) in [6.45, 7) is 4.29. The van der Waals surface area contributed by atoms with Crippen LogP contribution in [0.1, 0.15) is 34.6 Å². The van der Waals surface area contributed by atoms with Gasteiger partial charge in [-0.1, -0.05) is 71.7 Å². The van der Waals surface area contributed by atoms with Crippen LogP contribution in [-0.2, 0) is 19.2 Å². The third kappa shape index (κ3) is 7.61. The van der Waals surface area contributed by atoms with E-state index in [0.717, 1.165) is 0 Å². The Hall–Kier alpha value is -4.06. The van der Waals surface area contributed by atoms with Crippen molar-refractivity contribution < 1.29 is 28.8 Å². The minimum atomic E-state index is -1.42. The molecule has 0 bridgehead atoms. The Kier molecular flexibility index (Phi) is 13.2. The van der Waals surface area contributed by atoms with E-state index in [-0.39, 0.29) is 58.9 Å². The zero-order chi connectivity index (χ0) is 36.3. The monoisotopic (exact) mass is 752 g/mol. The number of para-hydroxylation sites is 2. The van der Waals surface area contributed by atoms with Gasteiger partial charge in [-0.3, -0.25) is 28.8 Å². The van der Waals surface area contributed by atoms with Gasteiger partial charge in [-0.05, 0) is 62.4 Å². The van der Waals surface area contributed by atoms with Gasteiger partial charge in [-0.25, -0.2) is 0 Å². The molecule has 0 aromatic heterocycles. The molecule has 4 aromatic carbocycles. The SMILES string of the molecule is CCN(C(=O)C1C(=O)c2c(Cl)cccc2N(C)C1=O)c1ccccc1.CCN(C(=O)C1C(=O)c2c(Cl)cccc2N(C)C1=O)c1ccccc1.[Ca+2]. The van der Waals surface area contributed by atoms with Crippen molar-refractivity contribution in [3.8, 4) is 0 Å². The molecule has 2 unspecified atom stereocenters. The number of rotatable bonds is 6. The summed E-state index contributed by atoms with van der Waals surface area (Å²) in [6.07, 6.45) is 0. The van der Waals surface area contributed by atoms with Crippen molar-refractivity contribution in [3.63, 3.8) is 0 Å². The second kappa shape index (κ2) is 17.0. The summed E-state index contributed by atoms with van der Waals surface area (Å²) >= 11 is 12.3. The molecule has 6 rings (SSSR count). The maximum Gasteiger partial charge on any atom is 2.00 e. The first-order valence-corrected chi connectivity index (χ1v) is 16.6. The maximum absolute atomic E-state index is 13.0. The number of nitrogens with zero attached hydrogens (tertiary/aromatic N) is 4. The number of carbonyl (C=O) groups excluding carboxylic acids is 6. The molecule has 10 nitrogen and oxygen atoms in total. The van der Waals surface area contributed by atoms with Crippen molar-refractivity contribution in [2.75, 3.05) is 46.8 Å². The normalized spacial score (nSPS) is 16.3. The molecular weight excluding hydrogens is 719 g/mol. The fourth-order valence-corrected chi connectivity index (χ4v) is 6.63. The fourth-order valence-electron chi connectivity index (χ4n) is 6.10. The summed E-state index contributed by atoms with van der Waals surface area (Å²) in [7, 11) is 3.09. The van der Waals surface area contributed by atoms with Gasteiger partial charge in [0.2, 0.25) is 23.6 Å². The molecule has 2 aliphatic rings. The topological polar surface area (TPSA) is 115 Å².